The van der Waals surface area contributed by atoms with E-state index in [2.05, 4.69) is 15.4 Å². The van der Waals surface area contributed by atoms with E-state index in [0.29, 0.717) is 36.5 Å². The zero-order valence-electron chi connectivity index (χ0n) is 14.2. The minimum Gasteiger partial charge on any atom is -0.415 e. The van der Waals surface area contributed by atoms with Gasteiger partial charge in [-0.25, -0.2) is 0 Å². The van der Waals surface area contributed by atoms with Crippen LogP contribution in [-0.2, 0) is 23.9 Å². The standard InChI is InChI=1S/C18H14F3N3O3/c1-10-8-12(18(19,20)21)4-2-11(10)3-5-15-22-23-17(26-15)16-13-9-25-7-6-14(13)27-24-16/h2-5,8H,6-7,9H2,1H3/b5-3+. The highest BCUT2D eigenvalue weighted by atomic mass is 19.4. The Morgan fingerprint density at radius 3 is 2.78 bits per heavy atom. The summed E-state index contributed by atoms with van der Waals surface area (Å²) in [7, 11) is 0. The van der Waals surface area contributed by atoms with E-state index in [0.717, 1.165) is 23.5 Å². The lowest BCUT2D eigenvalue weighted by Gasteiger charge is -2.09. The van der Waals surface area contributed by atoms with Crippen molar-refractivity contribution in [3.05, 3.63) is 52.1 Å². The summed E-state index contributed by atoms with van der Waals surface area (Å²) in [6.07, 6.45) is -0.575. The second kappa shape index (κ2) is 6.66. The van der Waals surface area contributed by atoms with Gasteiger partial charge in [0.15, 0.2) is 5.69 Å². The fourth-order valence-corrected chi connectivity index (χ4v) is 2.79. The molecule has 0 spiro atoms. The van der Waals surface area contributed by atoms with Crippen LogP contribution >= 0.6 is 0 Å². The fraction of sp³-hybridized carbons (Fsp3) is 0.278. The molecule has 0 radical (unpaired) electrons. The number of hydrogen-bond donors (Lipinski definition) is 0. The third-order valence-electron chi connectivity index (χ3n) is 4.24. The maximum absolute atomic E-state index is 12.7. The van der Waals surface area contributed by atoms with Crippen molar-refractivity contribution >= 4 is 12.2 Å². The molecule has 0 amide bonds. The van der Waals surface area contributed by atoms with E-state index in [1.165, 1.54) is 12.1 Å². The molecule has 140 valence electrons. The summed E-state index contributed by atoms with van der Waals surface area (Å²) in [6, 6.07) is 3.53. The van der Waals surface area contributed by atoms with Crippen molar-refractivity contribution in [1.82, 2.24) is 15.4 Å². The van der Waals surface area contributed by atoms with Crippen molar-refractivity contribution in [2.45, 2.75) is 26.1 Å². The molecular formula is C18H14F3N3O3. The predicted molar refractivity (Wildman–Crippen MR) is 88.3 cm³/mol. The average molecular weight is 377 g/mol. The monoisotopic (exact) mass is 377 g/mol. The Bertz CT molecular complexity index is 1000. The summed E-state index contributed by atoms with van der Waals surface area (Å²) < 4.78 is 54.4. The minimum absolute atomic E-state index is 0.203. The first kappa shape index (κ1) is 17.5. The van der Waals surface area contributed by atoms with E-state index in [1.807, 2.05) is 0 Å². The second-order valence-corrected chi connectivity index (χ2v) is 6.08. The third-order valence-corrected chi connectivity index (χ3v) is 4.24. The van der Waals surface area contributed by atoms with Crippen LogP contribution in [0.2, 0.25) is 0 Å². The SMILES string of the molecule is Cc1cc(C(F)(F)F)ccc1/C=C/c1nnc(-c2noc3c2COCC3)o1. The van der Waals surface area contributed by atoms with Gasteiger partial charge in [-0.05, 0) is 36.3 Å². The summed E-state index contributed by atoms with van der Waals surface area (Å²) in [5.41, 5.74) is 1.66. The van der Waals surface area contributed by atoms with Crippen molar-refractivity contribution in [2.75, 3.05) is 6.61 Å². The summed E-state index contributed by atoms with van der Waals surface area (Å²) in [4.78, 5) is 0. The van der Waals surface area contributed by atoms with Gasteiger partial charge < -0.3 is 13.7 Å². The molecule has 0 aliphatic carbocycles. The topological polar surface area (TPSA) is 74.2 Å². The first-order valence-electron chi connectivity index (χ1n) is 8.17. The highest BCUT2D eigenvalue weighted by molar-refractivity contribution is 5.68. The van der Waals surface area contributed by atoms with Crippen LogP contribution in [0.3, 0.4) is 0 Å². The molecule has 0 fully saturated rings. The van der Waals surface area contributed by atoms with Gasteiger partial charge in [0.1, 0.15) is 5.76 Å². The lowest BCUT2D eigenvalue weighted by Crippen LogP contribution is -2.07. The number of nitrogens with zero attached hydrogens (tertiary/aromatic N) is 3. The first-order chi connectivity index (χ1) is 12.9. The van der Waals surface area contributed by atoms with Gasteiger partial charge in [-0.2, -0.15) is 13.2 Å². The van der Waals surface area contributed by atoms with Gasteiger partial charge in [0.25, 0.3) is 5.89 Å². The predicted octanol–water partition coefficient (Wildman–Crippen LogP) is 4.29. The molecule has 0 unspecified atom stereocenters. The molecule has 1 aliphatic rings. The highest BCUT2D eigenvalue weighted by Crippen LogP contribution is 2.31. The molecule has 3 heterocycles. The van der Waals surface area contributed by atoms with Gasteiger partial charge in [0.2, 0.25) is 5.89 Å². The van der Waals surface area contributed by atoms with Crippen LogP contribution in [0, 0.1) is 6.92 Å². The number of fused-ring (bicyclic) bond motifs is 1. The molecule has 0 N–H and O–H groups in total. The fourth-order valence-electron chi connectivity index (χ4n) is 2.79. The molecule has 0 saturated carbocycles. The summed E-state index contributed by atoms with van der Waals surface area (Å²) in [5, 5.41) is 11.8. The molecule has 1 aromatic carbocycles. The van der Waals surface area contributed by atoms with Crippen molar-refractivity contribution in [2.24, 2.45) is 0 Å². The van der Waals surface area contributed by atoms with E-state index >= 15 is 0 Å². The quantitative estimate of drug-likeness (QED) is 0.678. The molecule has 4 rings (SSSR count). The second-order valence-electron chi connectivity index (χ2n) is 6.08. The molecule has 27 heavy (non-hydrogen) atoms. The number of aromatic nitrogens is 3. The van der Waals surface area contributed by atoms with Crippen molar-refractivity contribution < 1.29 is 26.8 Å². The Labute approximate surface area is 151 Å². The average Bonchev–Trinajstić information content (AvgIpc) is 3.26. The molecule has 0 saturated heterocycles. The number of benzene rings is 1. The van der Waals surface area contributed by atoms with Crippen LogP contribution in [-0.4, -0.2) is 22.0 Å². The first-order valence-corrected chi connectivity index (χ1v) is 8.17. The van der Waals surface area contributed by atoms with E-state index < -0.39 is 11.7 Å². The zero-order chi connectivity index (χ0) is 19.0. The van der Waals surface area contributed by atoms with Gasteiger partial charge in [-0.1, -0.05) is 11.2 Å². The molecular weight excluding hydrogens is 363 g/mol. The molecule has 6 nitrogen and oxygen atoms in total. The molecule has 9 heteroatoms. The summed E-state index contributed by atoms with van der Waals surface area (Å²) >= 11 is 0. The molecule has 0 bridgehead atoms. The van der Waals surface area contributed by atoms with E-state index in [4.69, 9.17) is 13.7 Å². The molecule has 0 atom stereocenters. The minimum atomic E-state index is -4.37. The zero-order valence-corrected chi connectivity index (χ0v) is 14.2. The lowest BCUT2D eigenvalue weighted by molar-refractivity contribution is -0.137. The Kier molecular flexibility index (Phi) is 4.31. The van der Waals surface area contributed by atoms with E-state index in [-0.39, 0.29) is 11.8 Å². The van der Waals surface area contributed by atoms with Gasteiger partial charge >= 0.3 is 6.18 Å². The smallest absolute Gasteiger partial charge is 0.415 e. The Balaban J connectivity index is 1.55. The summed E-state index contributed by atoms with van der Waals surface area (Å²) in [6.45, 7) is 2.55. The number of aryl methyl sites for hydroxylation is 1. The van der Waals surface area contributed by atoms with Crippen LogP contribution in [0.25, 0.3) is 23.7 Å². The molecule has 3 aromatic rings. The number of alkyl halides is 3. The van der Waals surface area contributed by atoms with E-state index in [1.54, 1.807) is 13.0 Å². The largest absolute Gasteiger partial charge is 0.416 e. The van der Waals surface area contributed by atoms with Gasteiger partial charge in [-0.15, -0.1) is 10.2 Å². The van der Waals surface area contributed by atoms with Crippen LogP contribution in [0.1, 0.15) is 33.9 Å². The number of hydrogen-bond acceptors (Lipinski definition) is 6. The number of rotatable bonds is 3. The van der Waals surface area contributed by atoms with Crippen LogP contribution < -0.4 is 0 Å². The van der Waals surface area contributed by atoms with Crippen molar-refractivity contribution in [1.29, 1.82) is 0 Å². The molecule has 1 aliphatic heterocycles. The van der Waals surface area contributed by atoms with Crippen LogP contribution in [0.4, 0.5) is 13.2 Å². The van der Waals surface area contributed by atoms with Gasteiger partial charge in [0.05, 0.1) is 24.3 Å². The van der Waals surface area contributed by atoms with Crippen LogP contribution in [0.15, 0.2) is 27.1 Å². The molecule has 2 aromatic heterocycles. The summed E-state index contributed by atoms with van der Waals surface area (Å²) in [5.74, 6) is 1.15. The van der Waals surface area contributed by atoms with Crippen molar-refractivity contribution in [3.8, 4) is 11.6 Å². The van der Waals surface area contributed by atoms with Gasteiger partial charge in [0, 0.05) is 12.5 Å². The highest BCUT2D eigenvalue weighted by Gasteiger charge is 2.30. The Morgan fingerprint density at radius 1 is 1.15 bits per heavy atom. The lowest BCUT2D eigenvalue weighted by atomic mass is 10.0. The van der Waals surface area contributed by atoms with Gasteiger partial charge in [-0.3, -0.25) is 0 Å². The van der Waals surface area contributed by atoms with Crippen molar-refractivity contribution in [3.63, 3.8) is 0 Å². The number of ether oxygens (including phenoxy) is 1. The normalized spacial score (nSPS) is 14.7. The third kappa shape index (κ3) is 3.50. The number of halogens is 3. The Morgan fingerprint density at radius 2 is 2.00 bits per heavy atom. The maximum atomic E-state index is 12.7. The van der Waals surface area contributed by atoms with Crippen LogP contribution in [0.5, 0.6) is 0 Å². The Hall–Kier alpha value is -2.94. The maximum Gasteiger partial charge on any atom is 0.416 e. The van der Waals surface area contributed by atoms with E-state index in [9.17, 15) is 13.2 Å².